The van der Waals surface area contributed by atoms with Gasteiger partial charge in [-0.1, -0.05) is 0 Å². The predicted molar refractivity (Wildman–Crippen MR) is 29.8 cm³/mol. The number of oxime groups is 2. The molecule has 0 aliphatic rings. The van der Waals surface area contributed by atoms with Gasteiger partial charge in [-0.15, -0.1) is 10.3 Å². The lowest BCUT2D eigenvalue weighted by molar-refractivity contribution is 0.318. The molecule has 0 fully saturated rings. The highest BCUT2D eigenvalue weighted by Gasteiger charge is 1.74. The van der Waals surface area contributed by atoms with Crippen molar-refractivity contribution in [3.05, 3.63) is 0 Å². The summed E-state index contributed by atoms with van der Waals surface area (Å²) in [5.41, 5.74) is 0. The number of nitrogens with zero attached hydrogens (tertiary/aromatic N) is 2. The van der Waals surface area contributed by atoms with E-state index in [0.29, 0.717) is 12.8 Å². The molecule has 0 saturated carbocycles. The number of hydrogen-bond acceptors (Lipinski definition) is 4. The first-order valence-corrected chi connectivity index (χ1v) is 2.23. The summed E-state index contributed by atoms with van der Waals surface area (Å²) in [7, 11) is 0. The molecule has 0 aliphatic carbocycles. The Morgan fingerprint density at radius 1 is 1.00 bits per heavy atom. The van der Waals surface area contributed by atoms with Gasteiger partial charge in [-0.3, -0.25) is 0 Å². The Kier molecular flexibility index (Phi) is 5.15. The second-order valence-corrected chi connectivity index (χ2v) is 1.17. The zero-order chi connectivity index (χ0) is 6.24. The van der Waals surface area contributed by atoms with Crippen LogP contribution in [0, 0.1) is 0 Å². The van der Waals surface area contributed by atoms with Crippen LogP contribution in [0.25, 0.3) is 0 Å². The van der Waals surface area contributed by atoms with Crippen molar-refractivity contribution in [3.8, 4) is 0 Å². The Morgan fingerprint density at radius 3 is 1.62 bits per heavy atom. The number of rotatable bonds is 3. The average molecular weight is 116 g/mol. The largest absolute Gasteiger partial charge is 0.411 e. The van der Waals surface area contributed by atoms with Crippen molar-refractivity contribution in [1.29, 1.82) is 0 Å². The van der Waals surface area contributed by atoms with Crippen LogP contribution < -0.4 is 0 Å². The normalized spacial score (nSPS) is 11.5. The molecule has 2 N–H and O–H groups in total. The first-order chi connectivity index (χ1) is 3.91. The van der Waals surface area contributed by atoms with Crippen LogP contribution in [0.4, 0.5) is 0 Å². The van der Waals surface area contributed by atoms with Crippen LogP contribution in [-0.2, 0) is 0 Å². The summed E-state index contributed by atoms with van der Waals surface area (Å²) in [6, 6.07) is 0. The van der Waals surface area contributed by atoms with Gasteiger partial charge in [-0.2, -0.15) is 0 Å². The Morgan fingerprint density at radius 2 is 1.38 bits per heavy atom. The first kappa shape index (κ1) is 6.94. The highest BCUT2D eigenvalue weighted by atomic mass is 16.4. The molecular formula is C4H8N2O2. The molecule has 0 aromatic heterocycles. The Balaban J connectivity index is 2.93. The van der Waals surface area contributed by atoms with Gasteiger partial charge in [0, 0.05) is 12.4 Å². The van der Waals surface area contributed by atoms with Crippen molar-refractivity contribution in [2.75, 3.05) is 0 Å². The molecule has 0 spiro atoms. The van der Waals surface area contributed by atoms with E-state index >= 15 is 0 Å². The number of hydrogen-bond donors (Lipinski definition) is 2. The van der Waals surface area contributed by atoms with Crippen molar-refractivity contribution in [1.82, 2.24) is 0 Å². The van der Waals surface area contributed by atoms with Gasteiger partial charge in [0.15, 0.2) is 0 Å². The van der Waals surface area contributed by atoms with Gasteiger partial charge in [0.05, 0.1) is 0 Å². The Labute approximate surface area is 47.1 Å². The molecule has 0 amide bonds. The van der Waals surface area contributed by atoms with E-state index in [1.165, 1.54) is 12.4 Å². The van der Waals surface area contributed by atoms with E-state index in [4.69, 9.17) is 10.4 Å². The summed E-state index contributed by atoms with van der Waals surface area (Å²) >= 11 is 0. The maximum Gasteiger partial charge on any atom is 0.0439 e. The standard InChI is InChI=1S/C4H8N2O2/c7-5-3-1-2-4-6-8/h3-4,7-8H,1-2H2/b5-3-,6-4+. The third kappa shape index (κ3) is 4.94. The fraction of sp³-hybridized carbons (Fsp3) is 0.500. The summed E-state index contributed by atoms with van der Waals surface area (Å²) in [4.78, 5) is 0. The van der Waals surface area contributed by atoms with Crippen LogP contribution in [-0.4, -0.2) is 22.8 Å². The van der Waals surface area contributed by atoms with Crippen molar-refractivity contribution in [2.24, 2.45) is 10.3 Å². The summed E-state index contributed by atoms with van der Waals surface area (Å²) in [6.45, 7) is 0. The summed E-state index contributed by atoms with van der Waals surface area (Å²) in [6.07, 6.45) is 3.87. The highest BCUT2D eigenvalue weighted by molar-refractivity contribution is 5.64. The average Bonchev–Trinajstić information content (AvgIpc) is 1.81. The molecule has 0 rings (SSSR count). The van der Waals surface area contributed by atoms with E-state index < -0.39 is 0 Å². The fourth-order valence-corrected chi connectivity index (χ4v) is 0.265. The minimum Gasteiger partial charge on any atom is -0.411 e. The van der Waals surface area contributed by atoms with Gasteiger partial charge >= 0.3 is 0 Å². The lowest BCUT2D eigenvalue weighted by atomic mass is 10.4. The third-order valence-corrected chi connectivity index (χ3v) is 0.588. The predicted octanol–water partition coefficient (Wildman–Crippen LogP) is 0.687. The van der Waals surface area contributed by atoms with Gasteiger partial charge in [0.1, 0.15) is 0 Å². The lowest BCUT2D eigenvalue weighted by Crippen LogP contribution is -1.77. The SMILES string of the molecule is O/N=C\CC/C=N/O. The topological polar surface area (TPSA) is 65.2 Å². The smallest absolute Gasteiger partial charge is 0.0439 e. The molecule has 0 aromatic rings. The molecule has 0 aromatic carbocycles. The van der Waals surface area contributed by atoms with Crippen LogP contribution in [0.5, 0.6) is 0 Å². The molecule has 0 atom stereocenters. The van der Waals surface area contributed by atoms with E-state index in [1.54, 1.807) is 0 Å². The third-order valence-electron chi connectivity index (χ3n) is 0.588. The van der Waals surface area contributed by atoms with E-state index in [1.807, 2.05) is 0 Å². The Hall–Kier alpha value is -1.06. The molecule has 0 saturated heterocycles. The van der Waals surface area contributed by atoms with Crippen LogP contribution >= 0.6 is 0 Å². The molecule has 0 unspecified atom stereocenters. The maximum atomic E-state index is 7.83. The van der Waals surface area contributed by atoms with Crippen molar-refractivity contribution in [2.45, 2.75) is 12.8 Å². The van der Waals surface area contributed by atoms with E-state index in [-0.39, 0.29) is 0 Å². The summed E-state index contributed by atoms with van der Waals surface area (Å²) in [5.74, 6) is 0. The highest BCUT2D eigenvalue weighted by Crippen LogP contribution is 1.77. The van der Waals surface area contributed by atoms with E-state index in [0.717, 1.165) is 0 Å². The molecule has 4 heteroatoms. The van der Waals surface area contributed by atoms with Crippen LogP contribution in [0.15, 0.2) is 10.3 Å². The second kappa shape index (κ2) is 5.94. The lowest BCUT2D eigenvalue weighted by Gasteiger charge is -1.78. The monoisotopic (exact) mass is 116 g/mol. The zero-order valence-corrected chi connectivity index (χ0v) is 4.36. The maximum absolute atomic E-state index is 7.83. The van der Waals surface area contributed by atoms with Crippen LogP contribution in [0.1, 0.15) is 12.8 Å². The second-order valence-electron chi connectivity index (χ2n) is 1.17. The van der Waals surface area contributed by atoms with Crippen molar-refractivity contribution < 1.29 is 10.4 Å². The number of unbranched alkanes of at least 4 members (excludes halogenated alkanes) is 1. The van der Waals surface area contributed by atoms with Crippen molar-refractivity contribution >= 4 is 12.4 Å². The first-order valence-electron chi connectivity index (χ1n) is 2.23. The van der Waals surface area contributed by atoms with Gasteiger partial charge in [0.25, 0.3) is 0 Å². The molecule has 0 radical (unpaired) electrons. The molecule has 0 heterocycles. The van der Waals surface area contributed by atoms with E-state index in [9.17, 15) is 0 Å². The van der Waals surface area contributed by atoms with E-state index in [2.05, 4.69) is 10.3 Å². The molecule has 0 bridgehead atoms. The molecule has 0 aliphatic heterocycles. The molecule has 4 nitrogen and oxygen atoms in total. The Bertz CT molecular complexity index is 78.0. The molecule has 46 valence electrons. The minimum atomic E-state index is 0.598. The quantitative estimate of drug-likeness (QED) is 0.246. The summed E-state index contributed by atoms with van der Waals surface area (Å²) < 4.78 is 0. The van der Waals surface area contributed by atoms with Gasteiger partial charge in [-0.05, 0) is 12.8 Å². The minimum absolute atomic E-state index is 0.598. The fourth-order valence-electron chi connectivity index (χ4n) is 0.265. The van der Waals surface area contributed by atoms with Crippen molar-refractivity contribution in [3.63, 3.8) is 0 Å². The molecule has 8 heavy (non-hydrogen) atoms. The zero-order valence-electron chi connectivity index (χ0n) is 4.36. The van der Waals surface area contributed by atoms with Gasteiger partial charge in [0.2, 0.25) is 0 Å². The molecular weight excluding hydrogens is 108 g/mol. The van der Waals surface area contributed by atoms with Gasteiger partial charge < -0.3 is 10.4 Å². The summed E-state index contributed by atoms with van der Waals surface area (Å²) in [5, 5.41) is 21.1. The van der Waals surface area contributed by atoms with Crippen LogP contribution in [0.3, 0.4) is 0 Å². The van der Waals surface area contributed by atoms with Crippen LogP contribution in [0.2, 0.25) is 0 Å². The van der Waals surface area contributed by atoms with Gasteiger partial charge in [-0.25, -0.2) is 0 Å².